The van der Waals surface area contributed by atoms with Crippen molar-refractivity contribution in [2.45, 2.75) is 19.7 Å². The summed E-state index contributed by atoms with van der Waals surface area (Å²) in [5, 5.41) is 6.95. The van der Waals surface area contributed by atoms with E-state index in [-0.39, 0.29) is 34.4 Å². The van der Waals surface area contributed by atoms with Crippen LogP contribution in [-0.4, -0.2) is 32.8 Å². The minimum absolute atomic E-state index is 0.0582. The number of anilines is 3. The zero-order valence-corrected chi connectivity index (χ0v) is 18.8. The topological polar surface area (TPSA) is 88.8 Å². The molecule has 35 heavy (non-hydrogen) atoms. The molecule has 0 bridgehead atoms. The Morgan fingerprint density at radius 2 is 1.91 bits per heavy atom. The van der Waals surface area contributed by atoms with Crippen LogP contribution in [-0.2, 0) is 16.0 Å². The number of aromatic nitrogens is 3. The van der Waals surface area contributed by atoms with E-state index in [1.54, 1.807) is 29.0 Å². The van der Waals surface area contributed by atoms with Crippen molar-refractivity contribution in [1.29, 1.82) is 0 Å². The Bertz CT molecular complexity index is 1410. The van der Waals surface area contributed by atoms with Gasteiger partial charge in [0.2, 0.25) is 11.8 Å². The van der Waals surface area contributed by atoms with Crippen molar-refractivity contribution in [2.75, 3.05) is 10.2 Å². The fourth-order valence-electron chi connectivity index (χ4n) is 3.43. The van der Waals surface area contributed by atoms with Gasteiger partial charge in [-0.2, -0.15) is 5.10 Å². The number of halogens is 4. The third-order valence-corrected chi connectivity index (χ3v) is 5.12. The number of benzene rings is 1. The fourth-order valence-corrected chi connectivity index (χ4v) is 3.66. The van der Waals surface area contributed by atoms with Gasteiger partial charge >= 0.3 is 6.36 Å². The van der Waals surface area contributed by atoms with E-state index >= 15 is 0 Å². The molecule has 4 rings (SSSR count). The number of rotatable bonds is 6. The molecule has 0 spiro atoms. The molecule has 0 saturated heterocycles. The van der Waals surface area contributed by atoms with E-state index in [1.807, 2.05) is 0 Å². The molecule has 1 N–H and O–H groups in total. The van der Waals surface area contributed by atoms with Crippen LogP contribution in [0.2, 0.25) is 5.02 Å². The Kier molecular flexibility index (Phi) is 6.61. The van der Waals surface area contributed by atoms with Crippen molar-refractivity contribution in [3.63, 3.8) is 0 Å². The van der Waals surface area contributed by atoms with Crippen LogP contribution in [0.25, 0.3) is 5.52 Å². The first-order chi connectivity index (χ1) is 16.6. The lowest BCUT2D eigenvalue weighted by Gasteiger charge is -2.22. The van der Waals surface area contributed by atoms with E-state index < -0.39 is 18.0 Å². The molecule has 0 aliphatic heterocycles. The summed E-state index contributed by atoms with van der Waals surface area (Å²) in [7, 11) is 0. The van der Waals surface area contributed by atoms with Gasteiger partial charge in [-0.3, -0.25) is 14.5 Å². The Labute approximate surface area is 201 Å². The van der Waals surface area contributed by atoms with Gasteiger partial charge in [0, 0.05) is 42.8 Å². The van der Waals surface area contributed by atoms with Gasteiger partial charge in [-0.15, -0.1) is 13.2 Å². The van der Waals surface area contributed by atoms with Crippen LogP contribution in [0.1, 0.15) is 12.5 Å². The third kappa shape index (κ3) is 5.69. The minimum Gasteiger partial charge on any atom is -0.405 e. The van der Waals surface area contributed by atoms with Gasteiger partial charge in [0.1, 0.15) is 11.6 Å². The lowest BCUT2D eigenvalue weighted by atomic mass is 10.1. The number of nitrogens with zero attached hydrogens (tertiary/aromatic N) is 4. The predicted octanol–water partition coefficient (Wildman–Crippen LogP) is 5.15. The molecule has 12 heteroatoms. The summed E-state index contributed by atoms with van der Waals surface area (Å²) in [5.41, 5.74) is 1.39. The average Bonchev–Trinajstić information content (AvgIpc) is 3.21. The Balaban J connectivity index is 1.57. The van der Waals surface area contributed by atoms with Gasteiger partial charge < -0.3 is 10.1 Å². The van der Waals surface area contributed by atoms with Crippen molar-refractivity contribution in [3.8, 4) is 5.75 Å². The zero-order valence-electron chi connectivity index (χ0n) is 18.1. The lowest BCUT2D eigenvalue weighted by Crippen LogP contribution is -2.24. The van der Waals surface area contributed by atoms with Gasteiger partial charge in [0.15, 0.2) is 0 Å². The van der Waals surface area contributed by atoms with Gasteiger partial charge in [0.25, 0.3) is 0 Å². The maximum Gasteiger partial charge on any atom is 0.573 e. The minimum atomic E-state index is -4.88. The number of hydrogen-bond donors (Lipinski definition) is 1. The van der Waals surface area contributed by atoms with E-state index in [2.05, 4.69) is 20.1 Å². The van der Waals surface area contributed by atoms with Crippen molar-refractivity contribution in [1.82, 2.24) is 14.6 Å². The Hall–Kier alpha value is -4.12. The molecule has 0 fully saturated rings. The van der Waals surface area contributed by atoms with E-state index in [0.29, 0.717) is 11.2 Å². The van der Waals surface area contributed by atoms with Crippen molar-refractivity contribution in [2.24, 2.45) is 0 Å². The van der Waals surface area contributed by atoms with Crippen LogP contribution in [0, 0.1) is 0 Å². The third-order valence-electron chi connectivity index (χ3n) is 4.83. The maximum atomic E-state index is 12.7. The number of para-hydroxylation sites is 1. The van der Waals surface area contributed by atoms with Crippen molar-refractivity contribution in [3.05, 3.63) is 77.7 Å². The molecule has 180 valence electrons. The molecular weight excluding hydrogens is 487 g/mol. The first-order valence-corrected chi connectivity index (χ1v) is 10.5. The summed E-state index contributed by atoms with van der Waals surface area (Å²) in [6.07, 6.45) is -0.741. The maximum absolute atomic E-state index is 12.7. The molecule has 0 unspecified atom stereocenters. The highest BCUT2D eigenvalue weighted by Gasteiger charge is 2.32. The van der Waals surface area contributed by atoms with Crippen LogP contribution in [0.15, 0.2) is 67.1 Å². The highest BCUT2D eigenvalue weighted by molar-refractivity contribution is 6.34. The number of pyridine rings is 2. The van der Waals surface area contributed by atoms with E-state index in [0.717, 1.165) is 6.07 Å². The molecule has 0 aliphatic carbocycles. The SMILES string of the molecule is CC(=O)N(c1cc(NC(=O)Cc2ccccc2OC(F)(F)F)ccn1)c1cc2ccnn2cc1Cl. The van der Waals surface area contributed by atoms with Gasteiger partial charge in [-0.25, -0.2) is 9.50 Å². The first kappa shape index (κ1) is 24.0. The van der Waals surface area contributed by atoms with Crippen molar-refractivity contribution >= 4 is 46.1 Å². The summed E-state index contributed by atoms with van der Waals surface area (Å²) in [5.74, 6) is -1.25. The lowest BCUT2D eigenvalue weighted by molar-refractivity contribution is -0.274. The van der Waals surface area contributed by atoms with E-state index in [9.17, 15) is 22.8 Å². The number of amides is 2. The second-order valence-corrected chi connectivity index (χ2v) is 7.75. The first-order valence-electron chi connectivity index (χ1n) is 10.1. The molecule has 2 amide bonds. The predicted molar refractivity (Wildman–Crippen MR) is 123 cm³/mol. The number of nitrogens with one attached hydrogen (secondary N) is 1. The van der Waals surface area contributed by atoms with Gasteiger partial charge in [-0.05, 0) is 24.3 Å². The molecule has 8 nitrogen and oxygen atoms in total. The summed E-state index contributed by atoms with van der Waals surface area (Å²) in [6.45, 7) is 1.33. The molecule has 0 atom stereocenters. The largest absolute Gasteiger partial charge is 0.573 e. The highest BCUT2D eigenvalue weighted by atomic mass is 35.5. The Morgan fingerprint density at radius 3 is 2.66 bits per heavy atom. The molecule has 4 aromatic rings. The second-order valence-electron chi connectivity index (χ2n) is 7.34. The molecule has 0 saturated carbocycles. The monoisotopic (exact) mass is 503 g/mol. The molecule has 0 aliphatic rings. The molecule has 3 aromatic heterocycles. The van der Waals surface area contributed by atoms with Crippen LogP contribution in [0.3, 0.4) is 0 Å². The van der Waals surface area contributed by atoms with Gasteiger partial charge in [-0.1, -0.05) is 29.8 Å². The summed E-state index contributed by atoms with van der Waals surface area (Å²) >= 11 is 6.38. The van der Waals surface area contributed by atoms with Crippen LogP contribution < -0.4 is 15.0 Å². The number of alkyl halides is 3. The normalized spacial score (nSPS) is 11.3. The van der Waals surface area contributed by atoms with E-state index in [1.165, 1.54) is 48.4 Å². The number of fused-ring (bicyclic) bond motifs is 1. The number of carbonyl (C=O) groups is 2. The standard InChI is InChI=1S/C23H17ClF3N5O3/c1-14(33)32(19-12-17-7-9-29-31(17)13-18(19)24)21-11-16(6-8-28-21)30-22(34)10-15-4-2-3-5-20(15)35-23(25,26)27/h2-9,11-13H,10H2,1H3,(H,28,30,34). The van der Waals surface area contributed by atoms with Crippen LogP contribution in [0.4, 0.5) is 30.4 Å². The summed E-state index contributed by atoms with van der Waals surface area (Å²) in [6, 6.07) is 11.7. The quantitative estimate of drug-likeness (QED) is 0.393. The molecule has 3 heterocycles. The molecule has 0 radical (unpaired) electrons. The number of ether oxygens (including phenoxy) is 1. The molecular formula is C23H17ClF3N5O3. The van der Waals surface area contributed by atoms with Gasteiger partial charge in [0.05, 0.1) is 22.6 Å². The fraction of sp³-hybridized carbons (Fsp3) is 0.130. The van der Waals surface area contributed by atoms with Crippen LogP contribution >= 0.6 is 11.6 Å². The second kappa shape index (κ2) is 9.63. The zero-order chi connectivity index (χ0) is 25.2. The van der Waals surface area contributed by atoms with Crippen molar-refractivity contribution < 1.29 is 27.5 Å². The number of hydrogen-bond acceptors (Lipinski definition) is 5. The summed E-state index contributed by atoms with van der Waals surface area (Å²) < 4.78 is 43.5. The van der Waals surface area contributed by atoms with Crippen LogP contribution in [0.5, 0.6) is 5.75 Å². The smallest absolute Gasteiger partial charge is 0.405 e. The average molecular weight is 504 g/mol. The summed E-state index contributed by atoms with van der Waals surface area (Å²) in [4.78, 5) is 30.6. The molecule has 1 aromatic carbocycles. The number of carbonyl (C=O) groups excluding carboxylic acids is 2. The van der Waals surface area contributed by atoms with E-state index in [4.69, 9.17) is 11.6 Å². The highest BCUT2D eigenvalue weighted by Crippen LogP contribution is 2.33. The Morgan fingerprint density at radius 1 is 1.14 bits per heavy atom.